The van der Waals surface area contributed by atoms with Crippen molar-refractivity contribution in [1.82, 2.24) is 0 Å². The van der Waals surface area contributed by atoms with E-state index in [2.05, 4.69) is 19.1 Å². The molecule has 0 amide bonds. The standard InChI is InChI=1S/C24H30O5/c1-16-13-17(7-2-4-11-27-22-9-3-5-12-28-22)24-19(14-16)23-18(8-6-10-25)20(26)15-21(23)29-24/h6,8,10,13-15,18,21-23,26H,2-5,7,9,11-12H2,1H3/t18?,21-,22?,23-/m1/s1. The maximum absolute atomic E-state index is 10.7. The van der Waals surface area contributed by atoms with Crippen LogP contribution in [0.1, 0.15) is 54.7 Å². The number of carbonyl (C=O) groups is 1. The summed E-state index contributed by atoms with van der Waals surface area (Å²) in [5, 5.41) is 10.3. The van der Waals surface area contributed by atoms with Gasteiger partial charge in [0, 0.05) is 30.6 Å². The van der Waals surface area contributed by atoms with E-state index in [0.29, 0.717) is 0 Å². The minimum Gasteiger partial charge on any atom is -0.512 e. The highest BCUT2D eigenvalue weighted by Gasteiger charge is 2.45. The molecular formula is C24H30O5. The minimum absolute atomic E-state index is 0.0227. The Bertz CT molecular complexity index is 791. The number of rotatable bonds is 8. The molecule has 0 aromatic heterocycles. The quantitative estimate of drug-likeness (QED) is 0.396. The number of benzene rings is 1. The van der Waals surface area contributed by atoms with Gasteiger partial charge < -0.3 is 19.3 Å². The number of aliphatic hydroxyl groups is 1. The molecule has 4 rings (SSSR count). The molecule has 1 N–H and O–H groups in total. The molecule has 2 heterocycles. The van der Waals surface area contributed by atoms with E-state index in [4.69, 9.17) is 14.2 Å². The van der Waals surface area contributed by atoms with E-state index in [-0.39, 0.29) is 30.0 Å². The third-order valence-corrected chi connectivity index (χ3v) is 6.05. The molecule has 1 saturated heterocycles. The first-order valence-electron chi connectivity index (χ1n) is 10.7. The monoisotopic (exact) mass is 398 g/mol. The summed E-state index contributed by atoms with van der Waals surface area (Å²) in [6.45, 7) is 3.63. The summed E-state index contributed by atoms with van der Waals surface area (Å²) in [5.41, 5.74) is 3.55. The number of aryl methyl sites for hydroxylation is 2. The van der Waals surface area contributed by atoms with E-state index >= 15 is 0 Å². The van der Waals surface area contributed by atoms with Crippen molar-refractivity contribution in [2.75, 3.05) is 13.2 Å². The molecule has 2 unspecified atom stereocenters. The number of allylic oxidation sites excluding steroid dienone is 2. The van der Waals surface area contributed by atoms with Crippen LogP contribution in [0.5, 0.6) is 5.75 Å². The van der Waals surface area contributed by atoms with E-state index in [1.807, 2.05) is 0 Å². The predicted octanol–water partition coefficient (Wildman–Crippen LogP) is 4.53. The molecule has 5 nitrogen and oxygen atoms in total. The summed E-state index contributed by atoms with van der Waals surface area (Å²) in [6.07, 6.45) is 11.8. The Balaban J connectivity index is 1.39. The lowest BCUT2D eigenvalue weighted by Gasteiger charge is -2.22. The highest BCUT2D eigenvalue weighted by atomic mass is 16.7. The fourth-order valence-electron chi connectivity index (χ4n) is 4.70. The molecular weight excluding hydrogens is 368 g/mol. The van der Waals surface area contributed by atoms with Crippen molar-refractivity contribution in [3.05, 3.63) is 52.8 Å². The van der Waals surface area contributed by atoms with Crippen molar-refractivity contribution in [3.8, 4) is 5.75 Å². The molecule has 3 aliphatic rings. The van der Waals surface area contributed by atoms with Gasteiger partial charge in [0.25, 0.3) is 0 Å². The topological polar surface area (TPSA) is 65.0 Å². The molecule has 29 heavy (non-hydrogen) atoms. The van der Waals surface area contributed by atoms with E-state index in [0.717, 1.165) is 62.9 Å². The fourth-order valence-corrected chi connectivity index (χ4v) is 4.70. The molecule has 2 aliphatic heterocycles. The van der Waals surface area contributed by atoms with Crippen LogP contribution in [0.25, 0.3) is 0 Å². The Labute approximate surface area is 172 Å². The van der Waals surface area contributed by atoms with Gasteiger partial charge in [0.2, 0.25) is 0 Å². The van der Waals surface area contributed by atoms with E-state index in [9.17, 15) is 9.90 Å². The summed E-state index contributed by atoms with van der Waals surface area (Å²) in [7, 11) is 0. The highest BCUT2D eigenvalue weighted by molar-refractivity contribution is 5.65. The van der Waals surface area contributed by atoms with Crippen LogP contribution in [-0.2, 0) is 20.7 Å². The van der Waals surface area contributed by atoms with Crippen molar-refractivity contribution in [1.29, 1.82) is 0 Å². The number of hydrogen-bond donors (Lipinski definition) is 1. The molecule has 156 valence electrons. The second kappa shape index (κ2) is 9.14. The first kappa shape index (κ1) is 20.2. The number of carbonyl (C=O) groups excluding carboxylic acids is 1. The van der Waals surface area contributed by atoms with Gasteiger partial charge in [-0.2, -0.15) is 0 Å². The van der Waals surface area contributed by atoms with Crippen LogP contribution in [-0.4, -0.2) is 37.0 Å². The van der Waals surface area contributed by atoms with E-state index in [1.165, 1.54) is 23.6 Å². The second-order valence-electron chi connectivity index (χ2n) is 8.21. The maximum Gasteiger partial charge on any atom is 0.157 e. The lowest BCUT2D eigenvalue weighted by atomic mass is 9.85. The number of hydrogen-bond acceptors (Lipinski definition) is 5. The number of unbranched alkanes of at least 4 members (excludes halogenated alkanes) is 1. The second-order valence-corrected chi connectivity index (χ2v) is 8.21. The van der Waals surface area contributed by atoms with Crippen LogP contribution in [0, 0.1) is 12.8 Å². The van der Waals surface area contributed by atoms with Crippen molar-refractivity contribution >= 4 is 6.29 Å². The van der Waals surface area contributed by atoms with Crippen LogP contribution in [0.4, 0.5) is 0 Å². The SMILES string of the molecule is Cc1cc(CCCCOC2CCCCO2)c2c(c1)[C@H]1C(C=CC=O)C(O)=C[C@H]1O2. The average Bonchev–Trinajstić information content (AvgIpc) is 3.22. The van der Waals surface area contributed by atoms with Crippen molar-refractivity contribution in [3.63, 3.8) is 0 Å². The molecule has 1 fully saturated rings. The van der Waals surface area contributed by atoms with E-state index in [1.54, 1.807) is 12.2 Å². The smallest absolute Gasteiger partial charge is 0.157 e. The molecule has 0 bridgehead atoms. The third-order valence-electron chi connectivity index (χ3n) is 6.05. The zero-order valence-corrected chi connectivity index (χ0v) is 17.0. The van der Waals surface area contributed by atoms with Gasteiger partial charge in [-0.05, 0) is 63.2 Å². The van der Waals surface area contributed by atoms with Gasteiger partial charge in [-0.15, -0.1) is 0 Å². The Morgan fingerprint density at radius 1 is 1.28 bits per heavy atom. The first-order chi connectivity index (χ1) is 14.2. The molecule has 0 saturated carbocycles. The Morgan fingerprint density at radius 2 is 2.17 bits per heavy atom. The van der Waals surface area contributed by atoms with Gasteiger partial charge in [0.15, 0.2) is 6.29 Å². The van der Waals surface area contributed by atoms with Crippen molar-refractivity contribution in [2.24, 2.45) is 5.92 Å². The van der Waals surface area contributed by atoms with Gasteiger partial charge in [-0.3, -0.25) is 4.79 Å². The number of ether oxygens (including phenoxy) is 3. The van der Waals surface area contributed by atoms with Crippen LogP contribution in [0.3, 0.4) is 0 Å². The highest BCUT2D eigenvalue weighted by Crippen LogP contribution is 2.51. The molecule has 0 radical (unpaired) electrons. The summed E-state index contributed by atoms with van der Waals surface area (Å²) in [5.74, 6) is 1.07. The molecule has 5 heteroatoms. The molecule has 1 aliphatic carbocycles. The molecule has 4 atom stereocenters. The summed E-state index contributed by atoms with van der Waals surface area (Å²) >= 11 is 0. The number of fused-ring (bicyclic) bond motifs is 3. The van der Waals surface area contributed by atoms with Crippen LogP contribution in [0.15, 0.2) is 36.1 Å². The van der Waals surface area contributed by atoms with Crippen LogP contribution in [0.2, 0.25) is 0 Å². The zero-order valence-electron chi connectivity index (χ0n) is 17.0. The van der Waals surface area contributed by atoms with E-state index < -0.39 is 0 Å². The maximum atomic E-state index is 10.7. The van der Waals surface area contributed by atoms with Crippen LogP contribution >= 0.6 is 0 Å². The fraction of sp³-hybridized carbons (Fsp3) is 0.542. The average molecular weight is 398 g/mol. The van der Waals surface area contributed by atoms with Gasteiger partial charge in [-0.25, -0.2) is 0 Å². The Hall–Kier alpha value is -2.11. The Kier molecular flexibility index (Phi) is 6.36. The predicted molar refractivity (Wildman–Crippen MR) is 110 cm³/mol. The largest absolute Gasteiger partial charge is 0.512 e. The van der Waals surface area contributed by atoms with Gasteiger partial charge in [0.05, 0.1) is 5.76 Å². The van der Waals surface area contributed by atoms with Crippen molar-refractivity contribution in [2.45, 2.75) is 63.8 Å². The molecule has 1 aromatic carbocycles. The Morgan fingerprint density at radius 3 is 2.97 bits per heavy atom. The third kappa shape index (κ3) is 4.41. The first-order valence-corrected chi connectivity index (χ1v) is 10.7. The van der Waals surface area contributed by atoms with Gasteiger partial charge in [0.1, 0.15) is 18.1 Å². The normalized spacial score (nSPS) is 28.1. The molecule has 1 aromatic rings. The lowest BCUT2D eigenvalue weighted by molar-refractivity contribution is -0.162. The minimum atomic E-state index is -0.204. The molecule has 0 spiro atoms. The van der Waals surface area contributed by atoms with Crippen LogP contribution < -0.4 is 4.74 Å². The number of aliphatic hydroxyl groups excluding tert-OH is 1. The van der Waals surface area contributed by atoms with Gasteiger partial charge in [-0.1, -0.05) is 23.8 Å². The summed E-state index contributed by atoms with van der Waals surface area (Å²) < 4.78 is 17.7. The van der Waals surface area contributed by atoms with Crippen molar-refractivity contribution < 1.29 is 24.1 Å². The van der Waals surface area contributed by atoms with Gasteiger partial charge >= 0.3 is 0 Å². The summed E-state index contributed by atoms with van der Waals surface area (Å²) in [6, 6.07) is 4.35. The summed E-state index contributed by atoms with van der Waals surface area (Å²) in [4.78, 5) is 10.7. The zero-order chi connectivity index (χ0) is 20.2. The lowest BCUT2D eigenvalue weighted by Crippen LogP contribution is -2.22. The number of aldehydes is 1.